The molecule has 0 bridgehead atoms. The maximum atomic E-state index is 4.59. The van der Waals surface area contributed by atoms with Gasteiger partial charge in [0.2, 0.25) is 5.95 Å². The second-order valence-electron chi connectivity index (χ2n) is 6.20. The van der Waals surface area contributed by atoms with Gasteiger partial charge in [-0.05, 0) is 44.5 Å². The molecule has 1 aromatic heterocycles. The molecule has 1 atom stereocenters. The number of piperazine rings is 1. The number of anilines is 1. The van der Waals surface area contributed by atoms with Crippen LogP contribution in [0.2, 0.25) is 0 Å². The molecule has 1 unspecified atom stereocenters. The van der Waals surface area contributed by atoms with E-state index in [0.717, 1.165) is 48.0 Å². The van der Waals surface area contributed by atoms with Crippen LogP contribution in [0.4, 0.5) is 5.95 Å². The van der Waals surface area contributed by atoms with E-state index in [-0.39, 0.29) is 0 Å². The van der Waals surface area contributed by atoms with Crippen molar-refractivity contribution in [3.05, 3.63) is 51.8 Å². The Morgan fingerprint density at radius 1 is 0.957 bits per heavy atom. The standard InChI is InChI=1S/C18H23BrN4/c1-13-12-14(2)21-18(20-13)23-10-8-22(9-11-23)15(3)16-4-6-17(19)7-5-16/h4-7,12,15H,8-11H2,1-3H3. The summed E-state index contributed by atoms with van der Waals surface area (Å²) in [5.74, 6) is 0.874. The van der Waals surface area contributed by atoms with E-state index in [4.69, 9.17) is 0 Å². The summed E-state index contributed by atoms with van der Waals surface area (Å²) in [6.07, 6.45) is 0. The van der Waals surface area contributed by atoms with E-state index >= 15 is 0 Å². The Kier molecular flexibility index (Phi) is 4.97. The highest BCUT2D eigenvalue weighted by molar-refractivity contribution is 9.10. The Labute approximate surface area is 146 Å². The number of aryl methyl sites for hydroxylation is 2. The number of aromatic nitrogens is 2. The first-order chi connectivity index (χ1) is 11.0. The van der Waals surface area contributed by atoms with E-state index in [9.17, 15) is 0 Å². The average molecular weight is 375 g/mol. The summed E-state index contributed by atoms with van der Waals surface area (Å²) < 4.78 is 1.13. The molecule has 0 radical (unpaired) electrons. The quantitative estimate of drug-likeness (QED) is 0.818. The number of hydrogen-bond acceptors (Lipinski definition) is 4. The summed E-state index contributed by atoms with van der Waals surface area (Å²) >= 11 is 3.50. The van der Waals surface area contributed by atoms with Gasteiger partial charge in [0.25, 0.3) is 0 Å². The molecule has 5 heteroatoms. The minimum Gasteiger partial charge on any atom is -0.338 e. The Balaban J connectivity index is 1.64. The zero-order valence-corrected chi connectivity index (χ0v) is 15.5. The highest BCUT2D eigenvalue weighted by Gasteiger charge is 2.23. The lowest BCUT2D eigenvalue weighted by Crippen LogP contribution is -2.47. The summed E-state index contributed by atoms with van der Waals surface area (Å²) in [6, 6.07) is 11.1. The molecule has 0 aliphatic carbocycles. The van der Waals surface area contributed by atoms with Crippen molar-refractivity contribution in [2.24, 2.45) is 0 Å². The summed E-state index contributed by atoms with van der Waals surface area (Å²) in [5, 5.41) is 0. The van der Waals surface area contributed by atoms with Crippen LogP contribution in [-0.2, 0) is 0 Å². The van der Waals surface area contributed by atoms with Crippen LogP contribution >= 0.6 is 15.9 Å². The normalized spacial score (nSPS) is 17.3. The van der Waals surface area contributed by atoms with Gasteiger partial charge in [-0.25, -0.2) is 9.97 Å². The highest BCUT2D eigenvalue weighted by atomic mass is 79.9. The fourth-order valence-electron chi connectivity index (χ4n) is 3.11. The van der Waals surface area contributed by atoms with Crippen LogP contribution in [0, 0.1) is 13.8 Å². The highest BCUT2D eigenvalue weighted by Crippen LogP contribution is 2.24. The molecule has 1 aromatic carbocycles. The molecule has 1 saturated heterocycles. The topological polar surface area (TPSA) is 32.3 Å². The van der Waals surface area contributed by atoms with Gasteiger partial charge in [-0.1, -0.05) is 28.1 Å². The van der Waals surface area contributed by atoms with Crippen molar-refractivity contribution in [2.75, 3.05) is 31.1 Å². The number of halogens is 1. The van der Waals surface area contributed by atoms with Crippen molar-refractivity contribution >= 4 is 21.9 Å². The monoisotopic (exact) mass is 374 g/mol. The first-order valence-electron chi connectivity index (χ1n) is 8.09. The van der Waals surface area contributed by atoms with Crippen molar-refractivity contribution in [3.63, 3.8) is 0 Å². The van der Waals surface area contributed by atoms with Gasteiger partial charge in [-0.3, -0.25) is 4.90 Å². The van der Waals surface area contributed by atoms with E-state index in [2.05, 4.69) is 66.9 Å². The van der Waals surface area contributed by atoms with Crippen molar-refractivity contribution in [1.82, 2.24) is 14.9 Å². The maximum absolute atomic E-state index is 4.59. The molecule has 23 heavy (non-hydrogen) atoms. The van der Waals surface area contributed by atoms with Crippen LogP contribution < -0.4 is 4.90 Å². The molecule has 122 valence electrons. The largest absolute Gasteiger partial charge is 0.338 e. The van der Waals surface area contributed by atoms with Crippen molar-refractivity contribution in [1.29, 1.82) is 0 Å². The van der Waals surface area contributed by atoms with Gasteiger partial charge < -0.3 is 4.90 Å². The number of rotatable bonds is 3. The predicted molar refractivity (Wildman–Crippen MR) is 97.8 cm³/mol. The molecule has 0 saturated carbocycles. The van der Waals surface area contributed by atoms with E-state index in [1.165, 1.54) is 5.56 Å². The minimum atomic E-state index is 0.436. The SMILES string of the molecule is Cc1cc(C)nc(N2CCN(C(C)c3ccc(Br)cc3)CC2)n1. The maximum Gasteiger partial charge on any atom is 0.225 e. The van der Waals surface area contributed by atoms with Crippen molar-refractivity contribution in [2.45, 2.75) is 26.8 Å². The molecule has 0 spiro atoms. The molecule has 1 aliphatic heterocycles. The Morgan fingerprint density at radius 3 is 2.09 bits per heavy atom. The van der Waals surface area contributed by atoms with Gasteiger partial charge in [0.1, 0.15) is 0 Å². The molecule has 4 nitrogen and oxygen atoms in total. The van der Waals surface area contributed by atoms with Gasteiger partial charge >= 0.3 is 0 Å². The fraction of sp³-hybridized carbons (Fsp3) is 0.444. The van der Waals surface area contributed by atoms with Gasteiger partial charge in [0.05, 0.1) is 0 Å². The molecule has 1 aliphatic rings. The Bertz CT molecular complexity index is 643. The molecular formula is C18H23BrN4. The first-order valence-corrected chi connectivity index (χ1v) is 8.89. The smallest absolute Gasteiger partial charge is 0.225 e. The number of benzene rings is 1. The summed E-state index contributed by atoms with van der Waals surface area (Å²) in [6.45, 7) is 10.4. The van der Waals surface area contributed by atoms with Gasteiger partial charge in [-0.2, -0.15) is 0 Å². The minimum absolute atomic E-state index is 0.436. The van der Waals surface area contributed by atoms with E-state index in [1.54, 1.807) is 0 Å². The van der Waals surface area contributed by atoms with Crippen LogP contribution in [0.1, 0.15) is 29.9 Å². The molecule has 2 heterocycles. The lowest BCUT2D eigenvalue weighted by molar-refractivity contribution is 0.197. The van der Waals surface area contributed by atoms with E-state index in [1.807, 2.05) is 19.9 Å². The van der Waals surface area contributed by atoms with Gasteiger partial charge in [-0.15, -0.1) is 0 Å². The summed E-state index contributed by atoms with van der Waals surface area (Å²) in [7, 11) is 0. The second kappa shape index (κ2) is 6.97. The number of hydrogen-bond donors (Lipinski definition) is 0. The Hall–Kier alpha value is -1.46. The third kappa shape index (κ3) is 3.90. The Morgan fingerprint density at radius 2 is 1.52 bits per heavy atom. The average Bonchev–Trinajstić information content (AvgIpc) is 2.54. The second-order valence-corrected chi connectivity index (χ2v) is 7.12. The number of nitrogens with zero attached hydrogens (tertiary/aromatic N) is 4. The van der Waals surface area contributed by atoms with Gasteiger partial charge in [0.15, 0.2) is 0 Å². The lowest BCUT2D eigenvalue weighted by atomic mass is 10.1. The molecule has 1 fully saturated rings. The zero-order valence-electron chi connectivity index (χ0n) is 14.0. The van der Waals surface area contributed by atoms with Crippen LogP contribution in [0.25, 0.3) is 0 Å². The van der Waals surface area contributed by atoms with Crippen LogP contribution in [-0.4, -0.2) is 41.0 Å². The molecular weight excluding hydrogens is 352 g/mol. The summed E-state index contributed by atoms with van der Waals surface area (Å²) in [4.78, 5) is 14.0. The van der Waals surface area contributed by atoms with Crippen LogP contribution in [0.15, 0.2) is 34.8 Å². The molecule has 3 rings (SSSR count). The lowest BCUT2D eigenvalue weighted by Gasteiger charge is -2.38. The first kappa shape index (κ1) is 16.4. The van der Waals surface area contributed by atoms with Crippen molar-refractivity contribution in [3.8, 4) is 0 Å². The molecule has 0 amide bonds. The van der Waals surface area contributed by atoms with E-state index in [0.29, 0.717) is 6.04 Å². The fourth-order valence-corrected chi connectivity index (χ4v) is 3.37. The molecule has 0 N–H and O–H groups in total. The van der Waals surface area contributed by atoms with E-state index < -0.39 is 0 Å². The van der Waals surface area contributed by atoms with Crippen LogP contribution in [0.3, 0.4) is 0 Å². The third-order valence-corrected chi connectivity index (χ3v) is 5.00. The zero-order chi connectivity index (χ0) is 16.4. The predicted octanol–water partition coefficient (Wildman–Crippen LogP) is 3.74. The van der Waals surface area contributed by atoms with Crippen molar-refractivity contribution < 1.29 is 0 Å². The summed E-state index contributed by atoms with van der Waals surface area (Å²) in [5.41, 5.74) is 3.45. The van der Waals surface area contributed by atoms with Crippen LogP contribution in [0.5, 0.6) is 0 Å². The van der Waals surface area contributed by atoms with Gasteiger partial charge in [0, 0.05) is 48.1 Å². The molecule has 2 aromatic rings. The third-order valence-electron chi connectivity index (χ3n) is 4.47.